The van der Waals surface area contributed by atoms with E-state index in [4.69, 9.17) is 9.84 Å². The Balaban J connectivity index is 2.28. The van der Waals surface area contributed by atoms with Crippen LogP contribution in [0.25, 0.3) is 0 Å². The fourth-order valence-corrected chi connectivity index (χ4v) is 2.59. The summed E-state index contributed by atoms with van der Waals surface area (Å²) in [5.74, 6) is -0.923. The quantitative estimate of drug-likeness (QED) is 0.842. The van der Waals surface area contributed by atoms with E-state index in [0.29, 0.717) is 6.61 Å². The van der Waals surface area contributed by atoms with E-state index in [1.165, 1.54) is 10.4 Å². The minimum Gasteiger partial charge on any atom is -0.480 e. The normalized spacial score (nSPS) is 10.4. The molecule has 0 spiro atoms. The molecule has 1 aromatic heterocycles. The van der Waals surface area contributed by atoms with Gasteiger partial charge in [-0.2, -0.15) is 0 Å². The van der Waals surface area contributed by atoms with E-state index in [0.717, 1.165) is 10.2 Å². The molecule has 0 aromatic carbocycles. The highest BCUT2D eigenvalue weighted by atomic mass is 79.9. The topological polar surface area (TPSA) is 46.5 Å². The highest BCUT2D eigenvalue weighted by Crippen LogP contribution is 2.27. The Hall–Kier alpha value is -0.390. The van der Waals surface area contributed by atoms with E-state index in [9.17, 15) is 4.79 Å². The first-order valence-corrected chi connectivity index (χ1v) is 5.75. The van der Waals surface area contributed by atoms with Crippen molar-refractivity contribution in [3.63, 3.8) is 0 Å². The molecule has 1 heterocycles. The van der Waals surface area contributed by atoms with Crippen LogP contribution in [0.2, 0.25) is 0 Å². The van der Waals surface area contributed by atoms with E-state index in [2.05, 4.69) is 22.0 Å². The van der Waals surface area contributed by atoms with Gasteiger partial charge in [-0.15, -0.1) is 11.3 Å². The number of halogens is 1. The van der Waals surface area contributed by atoms with Crippen LogP contribution in [0.3, 0.4) is 0 Å². The molecule has 0 bridgehead atoms. The molecule has 0 aliphatic heterocycles. The third-order valence-electron chi connectivity index (χ3n) is 1.63. The molecule has 0 saturated heterocycles. The Morgan fingerprint density at radius 1 is 1.71 bits per heavy atom. The van der Waals surface area contributed by atoms with E-state index >= 15 is 0 Å². The summed E-state index contributed by atoms with van der Waals surface area (Å²) in [7, 11) is 0. The van der Waals surface area contributed by atoms with Crippen LogP contribution < -0.4 is 0 Å². The van der Waals surface area contributed by atoms with Crippen molar-refractivity contribution in [3.05, 3.63) is 20.3 Å². The second-order valence-electron chi connectivity index (χ2n) is 2.87. The lowest BCUT2D eigenvalue weighted by Crippen LogP contribution is -2.08. The van der Waals surface area contributed by atoms with Crippen LogP contribution in [-0.4, -0.2) is 24.3 Å². The van der Waals surface area contributed by atoms with Crippen molar-refractivity contribution in [1.82, 2.24) is 0 Å². The summed E-state index contributed by atoms with van der Waals surface area (Å²) in [6.45, 7) is 2.27. The number of aryl methyl sites for hydroxylation is 1. The minimum atomic E-state index is -0.923. The lowest BCUT2D eigenvalue weighted by Gasteiger charge is -1.98. The molecule has 0 fully saturated rings. The average molecular weight is 279 g/mol. The molecule has 78 valence electrons. The van der Waals surface area contributed by atoms with Crippen LogP contribution in [0.15, 0.2) is 9.85 Å². The van der Waals surface area contributed by atoms with Gasteiger partial charge in [0.25, 0.3) is 0 Å². The fourth-order valence-electron chi connectivity index (χ4n) is 0.979. The molecule has 1 rings (SSSR count). The smallest absolute Gasteiger partial charge is 0.329 e. The molecule has 0 unspecified atom stereocenters. The number of hydrogen-bond donors (Lipinski definition) is 1. The fraction of sp³-hybridized carbons (Fsp3) is 0.444. The Labute approximate surface area is 94.8 Å². The number of thiophene rings is 1. The van der Waals surface area contributed by atoms with E-state index < -0.39 is 5.97 Å². The third kappa shape index (κ3) is 3.77. The summed E-state index contributed by atoms with van der Waals surface area (Å²) < 4.78 is 6.07. The summed E-state index contributed by atoms with van der Waals surface area (Å²) in [6.07, 6.45) is 0.768. The van der Waals surface area contributed by atoms with Crippen molar-refractivity contribution in [1.29, 1.82) is 0 Å². The second-order valence-corrected chi connectivity index (χ2v) is 5.32. The second kappa shape index (κ2) is 5.48. The van der Waals surface area contributed by atoms with Gasteiger partial charge in [-0.25, -0.2) is 4.79 Å². The number of carboxylic acids is 1. The van der Waals surface area contributed by atoms with Gasteiger partial charge in [0.15, 0.2) is 0 Å². The number of rotatable bonds is 5. The van der Waals surface area contributed by atoms with Crippen molar-refractivity contribution in [2.45, 2.75) is 13.3 Å². The van der Waals surface area contributed by atoms with Gasteiger partial charge in [0.05, 0.1) is 10.4 Å². The maximum atomic E-state index is 10.1. The Morgan fingerprint density at radius 3 is 2.93 bits per heavy atom. The average Bonchev–Trinajstić information content (AvgIpc) is 2.40. The van der Waals surface area contributed by atoms with Crippen molar-refractivity contribution in [2.75, 3.05) is 13.2 Å². The lowest BCUT2D eigenvalue weighted by atomic mass is 10.3. The molecule has 0 atom stereocenters. The van der Waals surface area contributed by atoms with Gasteiger partial charge in [0.2, 0.25) is 0 Å². The molecular weight excluding hydrogens is 268 g/mol. The minimum absolute atomic E-state index is 0.217. The third-order valence-corrected chi connectivity index (χ3v) is 3.82. The number of aliphatic carboxylic acids is 1. The van der Waals surface area contributed by atoms with Crippen molar-refractivity contribution >= 4 is 33.2 Å². The zero-order chi connectivity index (χ0) is 10.6. The van der Waals surface area contributed by atoms with Crippen LogP contribution in [0, 0.1) is 6.92 Å². The number of ether oxygens (including phenoxy) is 1. The highest BCUT2D eigenvalue weighted by molar-refractivity contribution is 9.11. The van der Waals surface area contributed by atoms with Crippen LogP contribution in [0.4, 0.5) is 0 Å². The van der Waals surface area contributed by atoms with Crippen molar-refractivity contribution in [3.8, 4) is 0 Å². The lowest BCUT2D eigenvalue weighted by molar-refractivity contribution is -0.142. The highest BCUT2D eigenvalue weighted by Gasteiger charge is 2.03. The van der Waals surface area contributed by atoms with E-state index in [1.54, 1.807) is 11.3 Å². The summed E-state index contributed by atoms with van der Waals surface area (Å²) in [5.41, 5.74) is 1.21. The zero-order valence-corrected chi connectivity index (χ0v) is 10.2. The SMILES string of the molecule is Cc1cc(CCOCC(=O)O)sc1Br. The van der Waals surface area contributed by atoms with E-state index in [1.807, 2.05) is 6.92 Å². The molecule has 0 amide bonds. The summed E-state index contributed by atoms with van der Waals surface area (Å²) in [4.78, 5) is 11.3. The largest absolute Gasteiger partial charge is 0.480 e. The van der Waals surface area contributed by atoms with Gasteiger partial charge in [0.1, 0.15) is 6.61 Å². The maximum absolute atomic E-state index is 10.1. The number of hydrogen-bond acceptors (Lipinski definition) is 3. The molecule has 3 nitrogen and oxygen atoms in total. The molecule has 0 radical (unpaired) electrons. The molecule has 0 saturated carbocycles. The van der Waals surface area contributed by atoms with Crippen LogP contribution in [0.5, 0.6) is 0 Å². The summed E-state index contributed by atoms with van der Waals surface area (Å²) in [5, 5.41) is 8.33. The van der Waals surface area contributed by atoms with Crippen molar-refractivity contribution < 1.29 is 14.6 Å². The van der Waals surface area contributed by atoms with Gasteiger partial charge in [-0.3, -0.25) is 0 Å². The molecule has 14 heavy (non-hydrogen) atoms. The molecule has 5 heteroatoms. The summed E-state index contributed by atoms with van der Waals surface area (Å²) in [6, 6.07) is 2.08. The Bertz CT molecular complexity index is 302. The predicted molar refractivity (Wildman–Crippen MR) is 58.9 cm³/mol. The summed E-state index contributed by atoms with van der Waals surface area (Å²) >= 11 is 5.09. The van der Waals surface area contributed by atoms with Crippen LogP contribution in [0.1, 0.15) is 10.4 Å². The Kier molecular flexibility index (Phi) is 4.57. The van der Waals surface area contributed by atoms with Gasteiger partial charge in [-0.05, 0) is 34.5 Å². The monoisotopic (exact) mass is 278 g/mol. The van der Waals surface area contributed by atoms with Gasteiger partial charge in [-0.1, -0.05) is 0 Å². The first-order chi connectivity index (χ1) is 6.59. The molecule has 1 N–H and O–H groups in total. The number of carboxylic acid groups (broad SMARTS) is 1. The predicted octanol–water partition coefficient (Wildman–Crippen LogP) is 2.46. The first kappa shape index (κ1) is 11.7. The molecular formula is C9H11BrO3S. The van der Waals surface area contributed by atoms with Gasteiger partial charge < -0.3 is 9.84 Å². The molecule has 0 aliphatic rings. The Morgan fingerprint density at radius 2 is 2.43 bits per heavy atom. The number of carbonyl (C=O) groups is 1. The zero-order valence-electron chi connectivity index (χ0n) is 7.75. The maximum Gasteiger partial charge on any atom is 0.329 e. The van der Waals surface area contributed by atoms with E-state index in [-0.39, 0.29) is 6.61 Å². The van der Waals surface area contributed by atoms with Crippen molar-refractivity contribution in [2.24, 2.45) is 0 Å². The van der Waals surface area contributed by atoms with Gasteiger partial charge >= 0.3 is 5.97 Å². The molecule has 0 aliphatic carbocycles. The van der Waals surface area contributed by atoms with Gasteiger partial charge in [0, 0.05) is 11.3 Å². The first-order valence-electron chi connectivity index (χ1n) is 4.14. The van der Waals surface area contributed by atoms with Crippen LogP contribution >= 0.6 is 27.3 Å². The van der Waals surface area contributed by atoms with Crippen LogP contribution in [-0.2, 0) is 16.0 Å². The standard InChI is InChI=1S/C9H11BrO3S/c1-6-4-7(14-9(6)10)2-3-13-5-8(11)12/h4H,2-3,5H2,1H3,(H,11,12). The molecule has 1 aromatic rings.